The zero-order chi connectivity index (χ0) is 30.6. The third kappa shape index (κ3) is 6.19. The number of nitrogens with one attached hydrogen (secondary N) is 2. The zero-order valence-corrected chi connectivity index (χ0v) is 25.4. The van der Waals surface area contributed by atoms with Crippen LogP contribution < -0.4 is 20.1 Å². The first-order chi connectivity index (χ1) is 21.4. The summed E-state index contributed by atoms with van der Waals surface area (Å²) in [6, 6.07) is 20.1. The highest BCUT2D eigenvalue weighted by Gasteiger charge is 2.42. The van der Waals surface area contributed by atoms with Gasteiger partial charge < -0.3 is 20.1 Å². The van der Waals surface area contributed by atoms with E-state index < -0.39 is 11.3 Å². The standard InChI is InChI=1S/C33H33N5O5S/c1-3-20-9-12-22(13-10-20)35-31(40)28(4-2)44-33-37-24-8-6-5-7-23(24)30-36-25(32(41)38(30)33)14-16-29(39)34-18-21-11-15-26-27(17-21)43-19-42-26/h5-13,15,17,25,28H,3-4,14,16,18-19H2,1-2H3,(H,34,39)(H,35,40)/t25-,28-/m0/s1. The van der Waals surface area contributed by atoms with E-state index >= 15 is 0 Å². The number of amidine groups is 2. The van der Waals surface area contributed by atoms with Crippen molar-refractivity contribution in [3.8, 4) is 11.5 Å². The fraction of sp³-hybridized carbons (Fsp3) is 0.303. The fourth-order valence-electron chi connectivity index (χ4n) is 5.17. The predicted octanol–water partition coefficient (Wildman–Crippen LogP) is 5.18. The molecule has 2 N–H and O–H groups in total. The number of fused-ring (bicyclic) bond motifs is 4. The number of para-hydroxylation sites is 1. The third-order valence-corrected chi connectivity index (χ3v) is 8.98. The second-order valence-corrected chi connectivity index (χ2v) is 11.8. The number of hydrogen-bond acceptors (Lipinski definition) is 8. The van der Waals surface area contributed by atoms with Gasteiger partial charge in [-0.15, -0.1) is 0 Å². The highest BCUT2D eigenvalue weighted by atomic mass is 32.2. The van der Waals surface area contributed by atoms with E-state index in [9.17, 15) is 14.4 Å². The molecule has 0 saturated heterocycles. The molecule has 2 atom stereocenters. The Hall–Kier alpha value is -4.64. The Morgan fingerprint density at radius 1 is 1.02 bits per heavy atom. The van der Waals surface area contributed by atoms with E-state index in [0.29, 0.717) is 41.2 Å². The van der Waals surface area contributed by atoms with Crippen molar-refractivity contribution >= 4 is 51.9 Å². The molecule has 6 rings (SSSR count). The maximum Gasteiger partial charge on any atom is 0.259 e. The second-order valence-electron chi connectivity index (χ2n) is 10.6. The SMILES string of the molecule is CCc1ccc(NC(=O)[C@H](CC)SC2=Nc3ccccc3C3=N[C@@H](CCC(=O)NCc4ccc5c(c4)OCO5)C(=O)N23)cc1. The summed E-state index contributed by atoms with van der Waals surface area (Å²) in [5, 5.41) is 5.82. The van der Waals surface area contributed by atoms with E-state index in [4.69, 9.17) is 19.5 Å². The summed E-state index contributed by atoms with van der Waals surface area (Å²) in [5.74, 6) is 1.24. The van der Waals surface area contributed by atoms with Gasteiger partial charge in [-0.25, -0.2) is 9.89 Å². The molecule has 3 aromatic rings. The molecule has 3 heterocycles. The minimum Gasteiger partial charge on any atom is -0.454 e. The average molecular weight is 612 g/mol. The molecule has 0 aromatic heterocycles. The van der Waals surface area contributed by atoms with E-state index in [2.05, 4.69) is 17.6 Å². The van der Waals surface area contributed by atoms with E-state index in [0.717, 1.165) is 23.2 Å². The number of ether oxygens (including phenoxy) is 2. The topological polar surface area (TPSA) is 122 Å². The smallest absolute Gasteiger partial charge is 0.259 e. The van der Waals surface area contributed by atoms with E-state index in [-0.39, 0.29) is 37.4 Å². The molecule has 11 heteroatoms. The molecule has 3 aliphatic heterocycles. The van der Waals surface area contributed by atoms with Crippen LogP contribution in [0.4, 0.5) is 11.4 Å². The summed E-state index contributed by atoms with van der Waals surface area (Å²) in [6.45, 7) is 4.54. The third-order valence-electron chi connectivity index (χ3n) is 7.66. The van der Waals surface area contributed by atoms with Crippen LogP contribution in [0.1, 0.15) is 49.8 Å². The van der Waals surface area contributed by atoms with Gasteiger partial charge in [0.2, 0.25) is 18.6 Å². The number of anilines is 1. The lowest BCUT2D eigenvalue weighted by molar-refractivity contribution is -0.125. The number of carbonyl (C=O) groups excluding carboxylic acids is 3. The maximum atomic E-state index is 13.7. The van der Waals surface area contributed by atoms with Crippen LogP contribution in [0.2, 0.25) is 0 Å². The number of rotatable bonds is 10. The van der Waals surface area contributed by atoms with Crippen molar-refractivity contribution in [3.05, 3.63) is 83.4 Å². The van der Waals surface area contributed by atoms with Gasteiger partial charge in [0.25, 0.3) is 5.91 Å². The van der Waals surface area contributed by atoms with Gasteiger partial charge in [-0.05, 0) is 66.8 Å². The predicted molar refractivity (Wildman–Crippen MR) is 170 cm³/mol. The molecule has 0 spiro atoms. The number of carbonyl (C=O) groups is 3. The van der Waals surface area contributed by atoms with Crippen LogP contribution in [0.15, 0.2) is 76.7 Å². The van der Waals surface area contributed by atoms with Crippen LogP contribution in [-0.2, 0) is 27.3 Å². The van der Waals surface area contributed by atoms with Crippen molar-refractivity contribution in [2.75, 3.05) is 12.1 Å². The molecule has 226 valence electrons. The molecule has 0 radical (unpaired) electrons. The van der Waals surface area contributed by atoms with Crippen LogP contribution in [0, 0.1) is 0 Å². The molecule has 0 bridgehead atoms. The van der Waals surface area contributed by atoms with Gasteiger partial charge in [-0.1, -0.05) is 55.9 Å². The molecule has 3 amide bonds. The van der Waals surface area contributed by atoms with Crippen molar-refractivity contribution in [2.24, 2.45) is 9.98 Å². The largest absolute Gasteiger partial charge is 0.454 e. The Morgan fingerprint density at radius 3 is 2.59 bits per heavy atom. The minimum atomic E-state index is -0.732. The Bertz CT molecular complexity index is 1650. The van der Waals surface area contributed by atoms with Gasteiger partial charge in [0.05, 0.1) is 10.9 Å². The summed E-state index contributed by atoms with van der Waals surface area (Å²) < 4.78 is 10.7. The van der Waals surface area contributed by atoms with Crippen LogP contribution in [0.3, 0.4) is 0 Å². The van der Waals surface area contributed by atoms with Gasteiger partial charge >= 0.3 is 0 Å². The highest BCUT2D eigenvalue weighted by molar-refractivity contribution is 8.15. The van der Waals surface area contributed by atoms with Gasteiger partial charge in [0, 0.05) is 24.2 Å². The summed E-state index contributed by atoms with van der Waals surface area (Å²) in [4.78, 5) is 50.8. The van der Waals surface area contributed by atoms with Crippen molar-refractivity contribution in [1.29, 1.82) is 0 Å². The average Bonchev–Trinajstić information content (AvgIpc) is 3.65. The molecular weight excluding hydrogens is 578 g/mol. The highest BCUT2D eigenvalue weighted by Crippen LogP contribution is 2.36. The summed E-state index contributed by atoms with van der Waals surface area (Å²) >= 11 is 1.25. The van der Waals surface area contributed by atoms with Crippen LogP contribution in [0.5, 0.6) is 11.5 Å². The monoisotopic (exact) mass is 611 g/mol. The van der Waals surface area contributed by atoms with Crippen molar-refractivity contribution in [2.45, 2.75) is 57.4 Å². The van der Waals surface area contributed by atoms with E-state index in [1.54, 1.807) is 0 Å². The molecule has 0 unspecified atom stereocenters. The van der Waals surface area contributed by atoms with Crippen molar-refractivity contribution < 1.29 is 23.9 Å². The number of hydrogen-bond donors (Lipinski definition) is 2. The molecule has 10 nitrogen and oxygen atoms in total. The maximum absolute atomic E-state index is 13.7. The van der Waals surface area contributed by atoms with Crippen LogP contribution >= 0.6 is 11.8 Å². The summed E-state index contributed by atoms with van der Waals surface area (Å²) in [5.41, 5.74) is 4.23. The fourth-order valence-corrected chi connectivity index (χ4v) is 6.19. The van der Waals surface area contributed by atoms with Crippen molar-refractivity contribution in [1.82, 2.24) is 10.2 Å². The van der Waals surface area contributed by atoms with Crippen LogP contribution in [-0.4, -0.2) is 51.7 Å². The molecule has 0 fully saturated rings. The number of aliphatic imine (C=N–C) groups is 2. The molecule has 0 aliphatic carbocycles. The first-order valence-corrected chi connectivity index (χ1v) is 15.6. The zero-order valence-electron chi connectivity index (χ0n) is 24.5. The van der Waals surface area contributed by atoms with Gasteiger partial charge in [0.15, 0.2) is 16.7 Å². The summed E-state index contributed by atoms with van der Waals surface area (Å²) in [6.07, 6.45) is 1.83. The molecule has 44 heavy (non-hydrogen) atoms. The Labute approximate surface area is 259 Å². The van der Waals surface area contributed by atoms with E-state index in [1.165, 1.54) is 22.2 Å². The van der Waals surface area contributed by atoms with E-state index in [1.807, 2.05) is 73.7 Å². The lowest BCUT2D eigenvalue weighted by Gasteiger charge is -2.27. The van der Waals surface area contributed by atoms with Gasteiger partial charge in [-0.3, -0.25) is 19.4 Å². The lowest BCUT2D eigenvalue weighted by atomic mass is 10.1. The second kappa shape index (κ2) is 12.9. The number of benzene rings is 3. The Morgan fingerprint density at radius 2 is 1.80 bits per heavy atom. The number of nitrogens with zero attached hydrogens (tertiary/aromatic N) is 3. The normalized spacial score (nSPS) is 16.9. The first kappa shape index (κ1) is 29.4. The lowest BCUT2D eigenvalue weighted by Crippen LogP contribution is -2.42. The molecule has 3 aliphatic rings. The molecule has 0 saturated carbocycles. The first-order valence-electron chi connectivity index (χ1n) is 14.7. The Kier molecular flexibility index (Phi) is 8.65. The quantitative estimate of drug-likeness (QED) is 0.326. The minimum absolute atomic E-state index is 0.129. The van der Waals surface area contributed by atoms with Crippen LogP contribution in [0.25, 0.3) is 0 Å². The summed E-state index contributed by atoms with van der Waals surface area (Å²) in [7, 11) is 0. The van der Waals surface area contributed by atoms with Gasteiger partial charge in [-0.2, -0.15) is 0 Å². The molecular formula is C33H33N5O5S. The molecule has 3 aromatic carbocycles. The van der Waals surface area contributed by atoms with Crippen molar-refractivity contribution in [3.63, 3.8) is 0 Å². The van der Waals surface area contributed by atoms with Gasteiger partial charge in [0.1, 0.15) is 11.9 Å². The number of aryl methyl sites for hydroxylation is 1. The Balaban J connectivity index is 1.12. The number of thioether (sulfide) groups is 1. The number of amides is 3.